The van der Waals surface area contributed by atoms with E-state index in [1.807, 2.05) is 0 Å². The first-order chi connectivity index (χ1) is 10.2. The van der Waals surface area contributed by atoms with Crippen LogP contribution < -0.4 is 0 Å². The highest BCUT2D eigenvalue weighted by molar-refractivity contribution is 6.88. The SMILES string of the molecule is CC(C)[Si](/C=C1\C(=O)C(O)=C2CCCCC21)(C(C)C)C(C)C. The van der Waals surface area contributed by atoms with E-state index < -0.39 is 8.07 Å². The predicted octanol–water partition coefficient (Wildman–Crippen LogP) is 5.72. The molecule has 0 bridgehead atoms. The van der Waals surface area contributed by atoms with Gasteiger partial charge in [-0.2, -0.15) is 0 Å². The van der Waals surface area contributed by atoms with Crippen molar-refractivity contribution in [1.82, 2.24) is 0 Å². The van der Waals surface area contributed by atoms with Crippen molar-refractivity contribution >= 4 is 13.9 Å². The first-order valence-electron chi connectivity index (χ1n) is 8.92. The minimum absolute atomic E-state index is 0.0688. The Bertz CT molecular complexity index is 490. The molecule has 1 unspecified atom stereocenters. The van der Waals surface area contributed by atoms with E-state index in [4.69, 9.17) is 0 Å². The van der Waals surface area contributed by atoms with Crippen LogP contribution in [0, 0.1) is 5.92 Å². The van der Waals surface area contributed by atoms with Gasteiger partial charge in [0.05, 0.1) is 8.07 Å². The number of hydrogen-bond acceptors (Lipinski definition) is 2. The Morgan fingerprint density at radius 2 is 1.59 bits per heavy atom. The highest BCUT2D eigenvalue weighted by Crippen LogP contribution is 2.48. The van der Waals surface area contributed by atoms with Crippen LogP contribution in [0.25, 0.3) is 0 Å². The molecule has 1 N–H and O–H groups in total. The lowest BCUT2D eigenvalue weighted by Crippen LogP contribution is -2.43. The molecular formula is C19H32O2Si. The second kappa shape index (κ2) is 6.35. The Morgan fingerprint density at radius 3 is 2.09 bits per heavy atom. The lowest BCUT2D eigenvalue weighted by Gasteiger charge is -2.41. The van der Waals surface area contributed by atoms with Gasteiger partial charge in [0, 0.05) is 11.5 Å². The standard InChI is InChI=1S/C19H32O2Si/c1-12(2)22(13(3)4,14(5)6)11-17-15-9-7-8-10-16(15)18(20)19(17)21/h11-15,20H,7-10H2,1-6H3/b17-11-. The highest BCUT2D eigenvalue weighted by atomic mass is 28.3. The summed E-state index contributed by atoms with van der Waals surface area (Å²) in [5.74, 6) is 0.222. The second-order valence-electron chi connectivity index (χ2n) is 8.07. The van der Waals surface area contributed by atoms with E-state index in [0.29, 0.717) is 16.6 Å². The average Bonchev–Trinajstić information content (AvgIpc) is 2.68. The van der Waals surface area contributed by atoms with Crippen LogP contribution in [-0.2, 0) is 4.79 Å². The molecule has 22 heavy (non-hydrogen) atoms. The second-order valence-corrected chi connectivity index (χ2v) is 13.8. The number of aliphatic hydroxyl groups is 1. The number of Topliss-reactive ketones (excluding diaryl/α,β-unsaturated/α-hetero) is 1. The number of hydrogen-bond donors (Lipinski definition) is 1. The van der Waals surface area contributed by atoms with Gasteiger partial charge < -0.3 is 5.11 Å². The largest absolute Gasteiger partial charge is 0.504 e. The topological polar surface area (TPSA) is 37.3 Å². The molecule has 2 nitrogen and oxygen atoms in total. The van der Waals surface area contributed by atoms with E-state index in [1.165, 1.54) is 6.42 Å². The van der Waals surface area contributed by atoms with Gasteiger partial charge in [0.15, 0.2) is 5.76 Å². The van der Waals surface area contributed by atoms with E-state index in [1.54, 1.807) is 0 Å². The third kappa shape index (κ3) is 2.62. The maximum absolute atomic E-state index is 12.7. The minimum Gasteiger partial charge on any atom is -0.504 e. The minimum atomic E-state index is -1.76. The molecule has 0 aliphatic heterocycles. The zero-order valence-corrected chi connectivity index (χ0v) is 16.1. The molecule has 0 aromatic rings. The van der Waals surface area contributed by atoms with Crippen molar-refractivity contribution in [2.24, 2.45) is 5.92 Å². The van der Waals surface area contributed by atoms with Crippen LogP contribution in [0.1, 0.15) is 67.2 Å². The van der Waals surface area contributed by atoms with Crippen LogP contribution in [0.5, 0.6) is 0 Å². The number of allylic oxidation sites excluding steroid dienone is 2. The molecule has 124 valence electrons. The van der Waals surface area contributed by atoms with Crippen LogP contribution in [0.2, 0.25) is 16.6 Å². The van der Waals surface area contributed by atoms with Crippen molar-refractivity contribution in [1.29, 1.82) is 0 Å². The molecule has 0 saturated heterocycles. The summed E-state index contributed by atoms with van der Waals surface area (Å²) in [6.07, 6.45) is 4.22. The third-order valence-electron chi connectivity index (χ3n) is 6.17. The number of ketones is 1. The third-order valence-corrected chi connectivity index (χ3v) is 13.0. The molecule has 0 aromatic carbocycles. The van der Waals surface area contributed by atoms with Crippen molar-refractivity contribution in [3.8, 4) is 0 Å². The summed E-state index contributed by atoms with van der Waals surface area (Å²) < 4.78 is 0. The van der Waals surface area contributed by atoms with E-state index in [9.17, 15) is 9.90 Å². The summed E-state index contributed by atoms with van der Waals surface area (Å²) in [5.41, 5.74) is 6.17. The summed E-state index contributed by atoms with van der Waals surface area (Å²) in [7, 11) is -1.76. The highest BCUT2D eigenvalue weighted by Gasteiger charge is 2.45. The molecule has 1 atom stereocenters. The van der Waals surface area contributed by atoms with Gasteiger partial charge in [-0.15, -0.1) is 0 Å². The molecule has 2 rings (SSSR count). The van der Waals surface area contributed by atoms with Crippen LogP contribution >= 0.6 is 0 Å². The maximum atomic E-state index is 12.7. The van der Waals surface area contributed by atoms with Crippen LogP contribution in [0.15, 0.2) is 22.6 Å². The van der Waals surface area contributed by atoms with Crippen molar-refractivity contribution in [3.05, 3.63) is 22.6 Å². The molecule has 1 fully saturated rings. The fourth-order valence-electron chi connectivity index (χ4n) is 5.02. The number of rotatable bonds is 4. The smallest absolute Gasteiger partial charge is 0.223 e. The van der Waals surface area contributed by atoms with Crippen LogP contribution in [0.3, 0.4) is 0 Å². The van der Waals surface area contributed by atoms with E-state index in [2.05, 4.69) is 47.2 Å². The molecule has 0 spiro atoms. The predicted molar refractivity (Wildman–Crippen MR) is 95.8 cm³/mol. The molecule has 2 aliphatic carbocycles. The number of carbonyl (C=O) groups excluding carboxylic acids is 1. The first-order valence-corrected chi connectivity index (χ1v) is 11.2. The van der Waals surface area contributed by atoms with Gasteiger partial charge in [0.1, 0.15) is 0 Å². The monoisotopic (exact) mass is 320 g/mol. The number of fused-ring (bicyclic) bond motifs is 1. The van der Waals surface area contributed by atoms with Crippen molar-refractivity contribution in [2.75, 3.05) is 0 Å². The van der Waals surface area contributed by atoms with Crippen molar-refractivity contribution in [3.63, 3.8) is 0 Å². The quantitative estimate of drug-likeness (QED) is 0.531. The zero-order valence-electron chi connectivity index (χ0n) is 15.1. The van der Waals surface area contributed by atoms with Crippen LogP contribution in [0.4, 0.5) is 0 Å². The molecule has 0 heterocycles. The lowest BCUT2D eigenvalue weighted by atomic mass is 9.84. The Kier molecular flexibility index (Phi) is 5.05. The van der Waals surface area contributed by atoms with Gasteiger partial charge in [0.2, 0.25) is 5.78 Å². The Labute approximate surface area is 136 Å². The molecule has 0 radical (unpaired) electrons. The molecule has 2 aliphatic rings. The van der Waals surface area contributed by atoms with E-state index in [0.717, 1.165) is 30.4 Å². The summed E-state index contributed by atoms with van der Waals surface area (Å²) >= 11 is 0. The summed E-state index contributed by atoms with van der Waals surface area (Å²) in [6.45, 7) is 13.9. The van der Waals surface area contributed by atoms with Gasteiger partial charge in [0.25, 0.3) is 0 Å². The molecule has 0 aromatic heterocycles. The van der Waals surface area contributed by atoms with Gasteiger partial charge in [-0.3, -0.25) is 4.79 Å². The maximum Gasteiger partial charge on any atom is 0.223 e. The lowest BCUT2D eigenvalue weighted by molar-refractivity contribution is -0.114. The molecular weight excluding hydrogens is 288 g/mol. The summed E-state index contributed by atoms with van der Waals surface area (Å²) in [5, 5.41) is 10.3. The fourth-order valence-corrected chi connectivity index (χ4v) is 10.9. The van der Waals surface area contributed by atoms with Crippen LogP contribution in [-0.4, -0.2) is 19.0 Å². The average molecular weight is 321 g/mol. The Hall–Kier alpha value is -0.833. The summed E-state index contributed by atoms with van der Waals surface area (Å²) in [4.78, 5) is 12.7. The zero-order chi connectivity index (χ0) is 16.7. The summed E-state index contributed by atoms with van der Waals surface area (Å²) in [6, 6.07) is 0. The van der Waals surface area contributed by atoms with Gasteiger partial charge in [-0.1, -0.05) is 53.7 Å². The Balaban J connectivity index is 2.52. The van der Waals surface area contributed by atoms with E-state index in [-0.39, 0.29) is 17.5 Å². The van der Waals surface area contributed by atoms with Gasteiger partial charge in [-0.05, 0) is 41.5 Å². The molecule has 1 saturated carbocycles. The number of aliphatic hydroxyl groups excluding tert-OH is 1. The number of carbonyl (C=O) groups is 1. The first kappa shape index (κ1) is 17.5. The molecule has 0 amide bonds. The fraction of sp³-hybridized carbons (Fsp3) is 0.737. The normalized spacial score (nSPS) is 25.0. The van der Waals surface area contributed by atoms with Gasteiger partial charge >= 0.3 is 0 Å². The molecule has 3 heteroatoms. The van der Waals surface area contributed by atoms with Crippen molar-refractivity contribution in [2.45, 2.75) is 83.8 Å². The van der Waals surface area contributed by atoms with E-state index >= 15 is 0 Å². The Morgan fingerprint density at radius 1 is 1.05 bits per heavy atom. The van der Waals surface area contributed by atoms with Crippen molar-refractivity contribution < 1.29 is 9.90 Å². The van der Waals surface area contributed by atoms with Gasteiger partial charge in [-0.25, -0.2) is 0 Å².